The maximum Gasteiger partial charge on any atom is 0.266 e. The normalized spacial score (nSPS) is 15.3. The van der Waals surface area contributed by atoms with Gasteiger partial charge >= 0.3 is 0 Å². The van der Waals surface area contributed by atoms with Gasteiger partial charge in [0.15, 0.2) is 0 Å². The molecule has 0 radical (unpaired) electrons. The van der Waals surface area contributed by atoms with E-state index in [1.807, 2.05) is 28.7 Å². The van der Waals surface area contributed by atoms with Gasteiger partial charge < -0.3 is 20.4 Å². The highest BCUT2D eigenvalue weighted by atomic mass is 79.9. The highest BCUT2D eigenvalue weighted by molar-refractivity contribution is 9.10. The van der Waals surface area contributed by atoms with Crippen LogP contribution in [0, 0.1) is 6.92 Å². The molecule has 2 aliphatic rings. The van der Waals surface area contributed by atoms with E-state index in [0.717, 1.165) is 68.8 Å². The molecule has 66 heavy (non-hydrogen) atoms. The molecule has 2 N–H and O–H groups in total. The first-order chi connectivity index (χ1) is 31.8. The van der Waals surface area contributed by atoms with E-state index < -0.39 is 0 Å². The lowest BCUT2D eigenvalue weighted by molar-refractivity contribution is 0.212. The number of benzene rings is 2. The predicted molar refractivity (Wildman–Crippen MR) is 265 cm³/mol. The number of likely N-dealkylation sites (tertiary alicyclic amines) is 2. The second-order valence-electron chi connectivity index (χ2n) is 16.4. The summed E-state index contributed by atoms with van der Waals surface area (Å²) < 4.78 is 7.47. The van der Waals surface area contributed by atoms with E-state index >= 15 is 0 Å². The molecule has 340 valence electrons. The van der Waals surface area contributed by atoms with Crippen molar-refractivity contribution in [3.63, 3.8) is 0 Å². The third-order valence-corrected chi connectivity index (χ3v) is 13.6. The lowest BCUT2D eigenvalue weighted by atomic mass is 10.1. The Balaban J connectivity index is 0.000000166. The van der Waals surface area contributed by atoms with Gasteiger partial charge in [-0.25, -0.2) is 19.9 Å². The molecule has 16 nitrogen and oxygen atoms in total. The van der Waals surface area contributed by atoms with Crippen LogP contribution in [0.15, 0.2) is 100 Å². The molecular weight excluding hydrogens is 990 g/mol. The van der Waals surface area contributed by atoms with Crippen LogP contribution >= 0.6 is 62.3 Å². The average molecular weight is 1030 g/mol. The van der Waals surface area contributed by atoms with Crippen molar-refractivity contribution >= 4 is 107 Å². The van der Waals surface area contributed by atoms with Gasteiger partial charge in [-0.1, -0.05) is 58.5 Å². The van der Waals surface area contributed by atoms with Crippen molar-refractivity contribution in [3.05, 3.63) is 137 Å². The summed E-state index contributed by atoms with van der Waals surface area (Å²) in [7, 11) is 4.28. The molecule has 0 aliphatic carbocycles. The van der Waals surface area contributed by atoms with Crippen molar-refractivity contribution in [2.24, 2.45) is 0 Å². The zero-order valence-corrected chi connectivity index (χ0v) is 40.6. The molecule has 0 spiro atoms. The summed E-state index contributed by atoms with van der Waals surface area (Å²) in [5.74, 6) is 0.778. The monoisotopic (exact) mass is 1030 g/mol. The number of aryl methyl sites for hydroxylation is 1. The quantitative estimate of drug-likeness (QED) is 0.149. The number of rotatable bonds is 8. The fraction of sp³-hybridized carbons (Fsp3) is 0.289. The third-order valence-electron chi connectivity index (χ3n) is 11.8. The molecule has 21 heteroatoms. The Hall–Kier alpha value is -5.40. The summed E-state index contributed by atoms with van der Waals surface area (Å²) in [4.78, 5) is 48.9. The number of anilines is 4. The standard InChI is InChI=1S/C23H23Cl2N7O.C22H20BrCl2N7O/c1-14-12-31(21-18(24)4-3-5-19(21)25)22(33)17-11-26-23(29-20(14)17)28-15-10-27-32(13-15)16-6-8-30(2)9-7-16;1-30-7-5-14(6-8-30)32-11-13(9-27-32)28-22-26-10-15-19(29-22)16(23)12-31(21(15)33)20-17(24)3-2-4-18(20)25/h3-5,10-13,16H,6-9H2,1-2H3,(H,26,28,29);2-4,9-12,14H,5-8H2,1H3,(H,26,28,29). The molecule has 0 bridgehead atoms. The topological polar surface area (TPSA) is 162 Å². The van der Waals surface area contributed by atoms with Crippen molar-refractivity contribution < 1.29 is 0 Å². The summed E-state index contributed by atoms with van der Waals surface area (Å²) >= 11 is 28.8. The lowest BCUT2D eigenvalue weighted by Crippen LogP contribution is -2.31. The second-order valence-corrected chi connectivity index (χ2v) is 18.9. The van der Waals surface area contributed by atoms with Crippen molar-refractivity contribution in [1.82, 2.24) is 58.4 Å². The number of nitrogens with zero attached hydrogens (tertiary/aromatic N) is 12. The van der Waals surface area contributed by atoms with Crippen LogP contribution in [0.25, 0.3) is 33.2 Å². The van der Waals surface area contributed by atoms with E-state index in [0.29, 0.717) is 81.7 Å². The van der Waals surface area contributed by atoms with E-state index in [1.165, 1.54) is 21.5 Å². The summed E-state index contributed by atoms with van der Waals surface area (Å²) in [6.45, 7) is 6.14. The Labute approximate surface area is 407 Å². The summed E-state index contributed by atoms with van der Waals surface area (Å²) in [5, 5.41) is 17.7. The van der Waals surface area contributed by atoms with Crippen LogP contribution in [-0.2, 0) is 0 Å². The fourth-order valence-corrected chi connectivity index (χ4v) is 9.90. The zero-order chi connectivity index (χ0) is 46.2. The number of halogens is 5. The highest BCUT2D eigenvalue weighted by Crippen LogP contribution is 2.32. The molecule has 2 saturated heterocycles. The van der Waals surface area contributed by atoms with Gasteiger partial charge in [-0.05, 0) is 119 Å². The van der Waals surface area contributed by atoms with E-state index in [4.69, 9.17) is 46.4 Å². The number of nitrogens with one attached hydrogen (secondary N) is 2. The summed E-state index contributed by atoms with van der Waals surface area (Å²) in [6.07, 6.45) is 18.1. The van der Waals surface area contributed by atoms with Crippen molar-refractivity contribution in [1.29, 1.82) is 0 Å². The molecule has 2 aliphatic heterocycles. The smallest absolute Gasteiger partial charge is 0.266 e. The number of hydrogen-bond acceptors (Lipinski definition) is 12. The van der Waals surface area contributed by atoms with Crippen LogP contribution in [0.1, 0.15) is 43.3 Å². The van der Waals surface area contributed by atoms with Crippen LogP contribution < -0.4 is 21.8 Å². The molecular formula is C45H43BrCl4N14O2. The van der Waals surface area contributed by atoms with Gasteiger partial charge in [0.05, 0.1) is 93.6 Å². The first-order valence-electron chi connectivity index (χ1n) is 21.2. The number of para-hydroxylation sites is 2. The van der Waals surface area contributed by atoms with Crippen molar-refractivity contribution in [2.45, 2.75) is 44.7 Å². The zero-order valence-electron chi connectivity index (χ0n) is 36.0. The van der Waals surface area contributed by atoms with E-state index in [1.54, 1.807) is 61.2 Å². The minimum atomic E-state index is -0.315. The van der Waals surface area contributed by atoms with Gasteiger partial charge in [-0.2, -0.15) is 10.2 Å². The lowest BCUT2D eigenvalue weighted by Gasteiger charge is -2.28. The SMILES string of the molecule is CN1CCC(n2cc(Nc3ncc4c(=O)n(-c5c(Cl)cccc5Cl)cc(Br)c4n3)cn2)CC1.Cc1cn(-c2c(Cl)cccc2Cl)c(=O)c2cnc(Nc3cnn(C4CCN(C)CC4)c3)nc12. The van der Waals surface area contributed by atoms with Gasteiger partial charge in [-0.3, -0.25) is 28.1 Å². The summed E-state index contributed by atoms with van der Waals surface area (Å²) in [6, 6.07) is 11.0. The Bertz CT molecular complexity index is 2960. The van der Waals surface area contributed by atoms with Crippen LogP contribution in [0.5, 0.6) is 0 Å². The molecule has 2 fully saturated rings. The fourth-order valence-electron chi connectivity index (χ4n) is 8.24. The molecule has 0 amide bonds. The van der Waals surface area contributed by atoms with Crippen LogP contribution in [0.2, 0.25) is 20.1 Å². The molecule has 2 aromatic carbocycles. The first kappa shape index (κ1) is 45.7. The number of hydrogen-bond donors (Lipinski definition) is 2. The van der Waals surface area contributed by atoms with Crippen LogP contribution in [0.3, 0.4) is 0 Å². The molecule has 10 rings (SSSR count). The van der Waals surface area contributed by atoms with Crippen molar-refractivity contribution in [2.75, 3.05) is 50.9 Å². The Kier molecular flexibility index (Phi) is 13.5. The number of pyridine rings is 2. The molecule has 0 saturated carbocycles. The van der Waals surface area contributed by atoms with E-state index in [2.05, 4.69) is 80.6 Å². The first-order valence-corrected chi connectivity index (χ1v) is 23.5. The van der Waals surface area contributed by atoms with Gasteiger partial charge in [0.1, 0.15) is 0 Å². The molecule has 0 unspecified atom stereocenters. The Morgan fingerprint density at radius 1 is 0.591 bits per heavy atom. The van der Waals surface area contributed by atoms with Gasteiger partial charge in [0.25, 0.3) is 11.1 Å². The second kappa shape index (κ2) is 19.4. The third kappa shape index (κ3) is 9.56. The highest BCUT2D eigenvalue weighted by Gasteiger charge is 2.22. The maximum absolute atomic E-state index is 13.2. The minimum absolute atomic E-state index is 0.285. The Morgan fingerprint density at radius 3 is 1.45 bits per heavy atom. The van der Waals surface area contributed by atoms with Crippen molar-refractivity contribution in [3.8, 4) is 11.4 Å². The Morgan fingerprint density at radius 2 is 1.00 bits per heavy atom. The van der Waals surface area contributed by atoms with E-state index in [-0.39, 0.29) is 11.1 Å². The molecule has 6 aromatic heterocycles. The number of aromatic nitrogens is 10. The largest absolute Gasteiger partial charge is 0.321 e. The predicted octanol–water partition coefficient (Wildman–Crippen LogP) is 9.66. The number of fused-ring (bicyclic) bond motifs is 2. The van der Waals surface area contributed by atoms with Gasteiger partial charge in [0, 0.05) is 37.2 Å². The maximum atomic E-state index is 13.2. The average Bonchev–Trinajstić information content (AvgIpc) is 3.98. The van der Waals surface area contributed by atoms with Crippen LogP contribution in [0.4, 0.5) is 23.3 Å². The van der Waals surface area contributed by atoms with Gasteiger partial charge in [0.2, 0.25) is 11.9 Å². The van der Waals surface area contributed by atoms with Crippen LogP contribution in [-0.4, -0.2) is 98.7 Å². The molecule has 8 heterocycles. The molecule has 0 atom stereocenters. The van der Waals surface area contributed by atoms with Gasteiger partial charge in [-0.15, -0.1) is 0 Å². The summed E-state index contributed by atoms with van der Waals surface area (Å²) in [5.41, 5.74) is 3.71. The van der Waals surface area contributed by atoms with E-state index in [9.17, 15) is 9.59 Å². The number of piperidine rings is 2. The minimum Gasteiger partial charge on any atom is -0.321 e. The molecule has 8 aromatic rings.